The monoisotopic (exact) mass is 437 g/mol. The highest BCUT2D eigenvalue weighted by atomic mass is 19.2. The molecule has 0 radical (unpaired) electrons. The molecule has 32 heavy (non-hydrogen) atoms. The van der Waals surface area contributed by atoms with E-state index >= 15 is 0 Å². The fourth-order valence-electron chi connectivity index (χ4n) is 3.51. The zero-order chi connectivity index (χ0) is 23.3. The number of fused-ring (bicyclic) bond motifs is 1. The van der Waals surface area contributed by atoms with Gasteiger partial charge in [-0.2, -0.15) is 5.26 Å². The number of nitrogens with zero attached hydrogens (tertiary/aromatic N) is 4. The summed E-state index contributed by atoms with van der Waals surface area (Å²) in [6.45, 7) is 0.344. The molecular weight excluding hydrogens is 420 g/mol. The highest BCUT2D eigenvalue weighted by Crippen LogP contribution is 2.36. The van der Waals surface area contributed by atoms with Crippen molar-refractivity contribution in [3.05, 3.63) is 76.7 Å². The first kappa shape index (κ1) is 22.3. The van der Waals surface area contributed by atoms with Crippen molar-refractivity contribution in [1.29, 1.82) is 5.26 Å². The first-order valence-electron chi connectivity index (χ1n) is 9.35. The van der Waals surface area contributed by atoms with Gasteiger partial charge in [-0.3, -0.25) is 14.6 Å². The Morgan fingerprint density at radius 2 is 1.91 bits per heavy atom. The number of carboxylic acid groups (broad SMARTS) is 1. The summed E-state index contributed by atoms with van der Waals surface area (Å²) >= 11 is 0. The van der Waals surface area contributed by atoms with Gasteiger partial charge in [-0.1, -0.05) is 6.07 Å². The summed E-state index contributed by atoms with van der Waals surface area (Å²) in [6, 6.07) is 8.66. The maximum Gasteiger partial charge on any atom is 0.290 e. The molecule has 0 bridgehead atoms. The third-order valence-corrected chi connectivity index (χ3v) is 4.91. The van der Waals surface area contributed by atoms with E-state index in [0.717, 1.165) is 12.1 Å². The van der Waals surface area contributed by atoms with Gasteiger partial charge in [0.1, 0.15) is 17.5 Å². The van der Waals surface area contributed by atoms with Crippen LogP contribution in [0.4, 0.5) is 14.6 Å². The summed E-state index contributed by atoms with van der Waals surface area (Å²) in [4.78, 5) is 31.1. The maximum atomic E-state index is 13.9. The summed E-state index contributed by atoms with van der Waals surface area (Å²) in [5.41, 5.74) is 8.45. The number of aromatic nitrogens is 2. The fraction of sp³-hybridized carbons (Fsp3) is 0.136. The summed E-state index contributed by atoms with van der Waals surface area (Å²) in [7, 11) is 0. The molecule has 0 fully saturated rings. The Balaban J connectivity index is 0.000000913. The number of carbonyl (C=O) groups excluding carboxylic acids is 1. The molecule has 162 valence electrons. The molecule has 3 heterocycles. The van der Waals surface area contributed by atoms with Crippen LogP contribution < -0.4 is 5.73 Å². The van der Waals surface area contributed by atoms with Crippen LogP contribution in [0, 0.1) is 23.0 Å². The van der Waals surface area contributed by atoms with Crippen molar-refractivity contribution in [2.45, 2.75) is 13.0 Å². The number of benzene rings is 1. The molecule has 8 nitrogen and oxygen atoms in total. The molecule has 1 amide bonds. The predicted molar refractivity (Wildman–Crippen MR) is 110 cm³/mol. The smallest absolute Gasteiger partial charge is 0.290 e. The van der Waals surface area contributed by atoms with E-state index in [9.17, 15) is 18.8 Å². The van der Waals surface area contributed by atoms with Crippen molar-refractivity contribution in [3.63, 3.8) is 0 Å². The highest BCUT2D eigenvalue weighted by Gasteiger charge is 2.28. The number of carbonyl (C=O) groups is 2. The Morgan fingerprint density at radius 3 is 2.53 bits per heavy atom. The van der Waals surface area contributed by atoms with Gasteiger partial charge in [0, 0.05) is 48.6 Å². The Hall–Kier alpha value is -4.39. The summed E-state index contributed by atoms with van der Waals surface area (Å²) in [5.74, 6) is -2.18. The summed E-state index contributed by atoms with van der Waals surface area (Å²) in [5, 5.41) is 16.5. The van der Waals surface area contributed by atoms with Crippen LogP contribution in [-0.4, -0.2) is 38.9 Å². The lowest BCUT2D eigenvalue weighted by molar-refractivity contribution is -0.122. The van der Waals surface area contributed by atoms with Gasteiger partial charge in [-0.25, -0.2) is 13.8 Å². The van der Waals surface area contributed by atoms with E-state index in [2.05, 4.69) is 9.97 Å². The third-order valence-electron chi connectivity index (χ3n) is 4.91. The van der Waals surface area contributed by atoms with Crippen LogP contribution in [0.3, 0.4) is 0 Å². The number of nitrogen functional groups attached to an aromatic ring is 1. The van der Waals surface area contributed by atoms with Gasteiger partial charge in [-0.15, -0.1) is 0 Å². The second-order valence-corrected chi connectivity index (χ2v) is 6.73. The molecule has 0 unspecified atom stereocenters. The van der Waals surface area contributed by atoms with Gasteiger partial charge >= 0.3 is 0 Å². The average Bonchev–Trinajstić information content (AvgIpc) is 2.80. The van der Waals surface area contributed by atoms with Gasteiger partial charge in [0.15, 0.2) is 11.6 Å². The molecule has 3 N–H and O–H groups in total. The number of rotatable bonds is 2. The highest BCUT2D eigenvalue weighted by molar-refractivity contribution is 5.94. The lowest BCUT2D eigenvalue weighted by atomic mass is 9.90. The molecule has 1 aliphatic heterocycles. The number of hydrogen-bond donors (Lipinski definition) is 2. The minimum absolute atomic E-state index is 0.0277. The van der Waals surface area contributed by atoms with E-state index in [1.165, 1.54) is 18.5 Å². The van der Waals surface area contributed by atoms with Crippen molar-refractivity contribution in [1.82, 2.24) is 14.9 Å². The van der Waals surface area contributed by atoms with Gasteiger partial charge in [0.2, 0.25) is 0 Å². The average molecular weight is 437 g/mol. The standard InChI is InChI=1S/C21H15F2N5O.CH2O2/c22-16-2-1-13(9-17(16)23)19-14(10-24)20(25)27-18-5-8-28(11-15(18)19)21(29)12-3-6-26-7-4-12;2-1-3/h1-4,6-7,9H,5,8,11H2,(H2,25,27);1H,(H,2,3). The van der Waals surface area contributed by atoms with Crippen LogP contribution in [0.25, 0.3) is 11.1 Å². The van der Waals surface area contributed by atoms with Crippen molar-refractivity contribution in [2.75, 3.05) is 12.3 Å². The molecule has 3 aromatic rings. The Bertz CT molecular complexity index is 1210. The Kier molecular flexibility index (Phi) is 6.70. The topological polar surface area (TPSA) is 133 Å². The fourth-order valence-corrected chi connectivity index (χ4v) is 3.51. The van der Waals surface area contributed by atoms with E-state index in [4.69, 9.17) is 15.6 Å². The third kappa shape index (κ3) is 4.37. The maximum absolute atomic E-state index is 13.9. The predicted octanol–water partition coefficient (Wildman–Crippen LogP) is 2.77. The molecule has 2 aromatic heterocycles. The normalized spacial score (nSPS) is 12.1. The zero-order valence-corrected chi connectivity index (χ0v) is 16.6. The number of hydrogen-bond acceptors (Lipinski definition) is 6. The van der Waals surface area contributed by atoms with Crippen LogP contribution in [0.5, 0.6) is 0 Å². The molecule has 0 saturated heterocycles. The summed E-state index contributed by atoms with van der Waals surface area (Å²) in [6.07, 6.45) is 3.50. The Labute approximate surface area is 181 Å². The lowest BCUT2D eigenvalue weighted by Crippen LogP contribution is -2.37. The minimum Gasteiger partial charge on any atom is -0.483 e. The van der Waals surface area contributed by atoms with Crippen LogP contribution in [0.15, 0.2) is 42.7 Å². The molecule has 4 rings (SSSR count). The van der Waals surface area contributed by atoms with Crippen molar-refractivity contribution in [3.8, 4) is 17.2 Å². The number of amides is 1. The van der Waals surface area contributed by atoms with E-state index < -0.39 is 11.6 Å². The van der Waals surface area contributed by atoms with Gasteiger partial charge in [-0.05, 0) is 29.8 Å². The van der Waals surface area contributed by atoms with Crippen molar-refractivity contribution < 1.29 is 23.5 Å². The molecule has 10 heteroatoms. The van der Waals surface area contributed by atoms with Crippen LogP contribution in [0.1, 0.15) is 27.2 Å². The van der Waals surface area contributed by atoms with E-state index in [1.54, 1.807) is 17.0 Å². The first-order valence-corrected chi connectivity index (χ1v) is 9.35. The number of nitrogens with two attached hydrogens (primary N) is 1. The molecule has 0 saturated carbocycles. The van der Waals surface area contributed by atoms with E-state index in [0.29, 0.717) is 40.9 Å². The van der Waals surface area contributed by atoms with Gasteiger partial charge < -0.3 is 15.7 Å². The molecular formula is C22H17F2N5O3. The molecule has 0 aliphatic carbocycles. The zero-order valence-electron chi connectivity index (χ0n) is 16.6. The molecule has 1 aromatic carbocycles. The van der Waals surface area contributed by atoms with E-state index in [-0.39, 0.29) is 30.3 Å². The van der Waals surface area contributed by atoms with Gasteiger partial charge in [0.05, 0.1) is 5.69 Å². The van der Waals surface area contributed by atoms with Crippen molar-refractivity contribution in [2.24, 2.45) is 0 Å². The Morgan fingerprint density at radius 1 is 1.22 bits per heavy atom. The number of nitriles is 1. The van der Waals surface area contributed by atoms with Crippen molar-refractivity contribution >= 4 is 18.2 Å². The SMILES string of the molecule is N#Cc1c(N)nc2c(c1-c1ccc(F)c(F)c1)CN(C(=O)c1ccncc1)CC2.O=CO. The van der Waals surface area contributed by atoms with Gasteiger partial charge in [0.25, 0.3) is 12.4 Å². The van der Waals surface area contributed by atoms with E-state index in [1.807, 2.05) is 6.07 Å². The van der Waals surface area contributed by atoms with Crippen LogP contribution in [0.2, 0.25) is 0 Å². The second kappa shape index (κ2) is 9.61. The van der Waals surface area contributed by atoms with Crippen LogP contribution in [-0.2, 0) is 17.8 Å². The first-order chi connectivity index (χ1) is 15.4. The number of anilines is 1. The second-order valence-electron chi connectivity index (χ2n) is 6.73. The number of halogens is 2. The molecule has 0 spiro atoms. The minimum atomic E-state index is -1.03. The molecule has 0 atom stereocenters. The molecule has 1 aliphatic rings. The lowest BCUT2D eigenvalue weighted by Gasteiger charge is -2.30. The summed E-state index contributed by atoms with van der Waals surface area (Å²) < 4.78 is 27.3. The van der Waals surface area contributed by atoms with Crippen LogP contribution >= 0.6 is 0 Å². The quantitative estimate of drug-likeness (QED) is 0.589. The number of pyridine rings is 2. The largest absolute Gasteiger partial charge is 0.483 e.